The molecule has 28 heavy (non-hydrogen) atoms. The van der Waals surface area contributed by atoms with Gasteiger partial charge in [0.1, 0.15) is 0 Å². The molecule has 1 spiro atoms. The smallest absolute Gasteiger partial charge is 0.228 e. The molecule has 0 radical (unpaired) electrons. The number of hydrogen-bond acceptors (Lipinski definition) is 6. The average Bonchev–Trinajstić information content (AvgIpc) is 3.16. The van der Waals surface area contributed by atoms with Crippen molar-refractivity contribution in [1.82, 2.24) is 20.2 Å². The van der Waals surface area contributed by atoms with Gasteiger partial charge in [-0.15, -0.1) is 24.8 Å². The zero-order valence-electron chi connectivity index (χ0n) is 16.4. The molecule has 4 rings (SSSR count). The number of carbonyl (C=O) groups is 1. The SMILES string of the molecule is COc1ccnc(N2CCC(C(=O)N3CCC4(CCNC4)CC3)CC2)n1.Cl.Cl. The summed E-state index contributed by atoms with van der Waals surface area (Å²) in [5, 5.41) is 3.49. The second kappa shape index (κ2) is 9.94. The Hall–Kier alpha value is -1.31. The minimum Gasteiger partial charge on any atom is -0.481 e. The zero-order valence-corrected chi connectivity index (χ0v) is 18.1. The van der Waals surface area contributed by atoms with Crippen molar-refractivity contribution in [2.24, 2.45) is 11.3 Å². The van der Waals surface area contributed by atoms with E-state index in [0.717, 1.165) is 65.0 Å². The molecule has 1 aromatic rings. The second-order valence-electron chi connectivity index (χ2n) is 7.91. The molecule has 0 bridgehead atoms. The van der Waals surface area contributed by atoms with Crippen LogP contribution in [-0.2, 0) is 4.79 Å². The van der Waals surface area contributed by atoms with Gasteiger partial charge in [0.15, 0.2) is 0 Å². The highest BCUT2D eigenvalue weighted by Crippen LogP contribution is 2.37. The predicted molar refractivity (Wildman–Crippen MR) is 114 cm³/mol. The summed E-state index contributed by atoms with van der Waals surface area (Å²) in [7, 11) is 1.61. The first-order valence-electron chi connectivity index (χ1n) is 9.81. The van der Waals surface area contributed by atoms with E-state index in [1.54, 1.807) is 19.4 Å². The number of carbonyl (C=O) groups excluding carboxylic acids is 1. The van der Waals surface area contributed by atoms with Crippen LogP contribution in [0.2, 0.25) is 0 Å². The Labute approximate surface area is 179 Å². The van der Waals surface area contributed by atoms with Crippen LogP contribution < -0.4 is 15.0 Å². The molecule has 0 unspecified atom stereocenters. The van der Waals surface area contributed by atoms with Gasteiger partial charge in [-0.3, -0.25) is 4.79 Å². The summed E-state index contributed by atoms with van der Waals surface area (Å²) in [5.41, 5.74) is 0.462. The molecule has 3 aliphatic rings. The Morgan fingerprint density at radius 1 is 1.18 bits per heavy atom. The molecule has 9 heteroatoms. The van der Waals surface area contributed by atoms with Gasteiger partial charge >= 0.3 is 0 Å². The molecule has 3 aliphatic heterocycles. The number of ether oxygens (including phenoxy) is 1. The third-order valence-corrected chi connectivity index (χ3v) is 6.42. The Kier molecular flexibility index (Phi) is 8.16. The van der Waals surface area contributed by atoms with Gasteiger partial charge in [0.25, 0.3) is 0 Å². The minimum atomic E-state index is 0. The molecule has 0 aliphatic carbocycles. The third kappa shape index (κ3) is 4.81. The molecule has 4 heterocycles. The van der Waals surface area contributed by atoms with Gasteiger partial charge in [0, 0.05) is 50.9 Å². The highest BCUT2D eigenvalue weighted by atomic mass is 35.5. The van der Waals surface area contributed by atoms with Crippen LogP contribution in [0.3, 0.4) is 0 Å². The fourth-order valence-corrected chi connectivity index (χ4v) is 4.61. The van der Waals surface area contributed by atoms with E-state index in [2.05, 4.69) is 25.1 Å². The largest absolute Gasteiger partial charge is 0.481 e. The first kappa shape index (κ1) is 23.0. The van der Waals surface area contributed by atoms with Gasteiger partial charge in [-0.2, -0.15) is 4.98 Å². The highest BCUT2D eigenvalue weighted by Gasteiger charge is 2.39. The molecular formula is C19H31Cl2N5O2. The Morgan fingerprint density at radius 2 is 1.89 bits per heavy atom. The van der Waals surface area contributed by atoms with Gasteiger partial charge in [-0.05, 0) is 44.1 Å². The van der Waals surface area contributed by atoms with Gasteiger partial charge in [0.2, 0.25) is 17.7 Å². The number of piperidine rings is 2. The molecule has 1 aromatic heterocycles. The van der Waals surface area contributed by atoms with Crippen LogP contribution in [0.1, 0.15) is 32.1 Å². The number of nitrogens with zero attached hydrogens (tertiary/aromatic N) is 4. The lowest BCUT2D eigenvalue weighted by atomic mass is 9.77. The van der Waals surface area contributed by atoms with Crippen molar-refractivity contribution in [3.8, 4) is 5.88 Å². The molecule has 1 N–H and O–H groups in total. The highest BCUT2D eigenvalue weighted by molar-refractivity contribution is 5.85. The standard InChI is InChI=1S/C19H29N5O2.2ClH/c1-26-16-2-8-21-18(22-16)24-10-3-15(4-11-24)17(25)23-12-6-19(7-13-23)5-9-20-14-19;;/h2,8,15,20H,3-7,9-14H2,1H3;2*1H. The molecule has 7 nitrogen and oxygen atoms in total. The zero-order chi connectivity index (χ0) is 18.0. The normalized spacial score (nSPS) is 21.8. The van der Waals surface area contributed by atoms with Gasteiger partial charge in [-0.1, -0.05) is 0 Å². The maximum absolute atomic E-state index is 12.9. The summed E-state index contributed by atoms with van der Waals surface area (Å²) in [6.45, 7) is 5.78. The lowest BCUT2D eigenvalue weighted by molar-refractivity contribution is -0.138. The molecule has 1 amide bonds. The number of methoxy groups -OCH3 is 1. The lowest BCUT2D eigenvalue weighted by Crippen LogP contribution is -2.48. The van der Waals surface area contributed by atoms with Crippen molar-refractivity contribution in [2.75, 3.05) is 51.3 Å². The molecule has 0 saturated carbocycles. The topological polar surface area (TPSA) is 70.6 Å². The van der Waals surface area contributed by atoms with E-state index in [4.69, 9.17) is 4.74 Å². The first-order chi connectivity index (χ1) is 12.7. The molecule has 158 valence electrons. The van der Waals surface area contributed by atoms with E-state index < -0.39 is 0 Å². The van der Waals surface area contributed by atoms with Gasteiger partial charge in [-0.25, -0.2) is 4.98 Å². The van der Waals surface area contributed by atoms with Crippen LogP contribution in [0.15, 0.2) is 12.3 Å². The van der Waals surface area contributed by atoms with E-state index >= 15 is 0 Å². The summed E-state index contributed by atoms with van der Waals surface area (Å²) in [6, 6.07) is 1.75. The third-order valence-electron chi connectivity index (χ3n) is 6.42. The summed E-state index contributed by atoms with van der Waals surface area (Å²) in [5.74, 6) is 1.78. The molecule has 3 fully saturated rings. The van der Waals surface area contributed by atoms with E-state index in [1.165, 1.54) is 6.42 Å². The van der Waals surface area contributed by atoms with Crippen LogP contribution in [0.25, 0.3) is 0 Å². The van der Waals surface area contributed by atoms with Crippen LogP contribution in [0.4, 0.5) is 5.95 Å². The molecule has 0 atom stereocenters. The van der Waals surface area contributed by atoms with Crippen molar-refractivity contribution >= 4 is 36.7 Å². The van der Waals surface area contributed by atoms with Crippen molar-refractivity contribution in [3.05, 3.63) is 12.3 Å². The Balaban J connectivity index is 0.00000140. The maximum atomic E-state index is 12.9. The molecule has 0 aromatic carbocycles. The van der Waals surface area contributed by atoms with Crippen molar-refractivity contribution in [3.63, 3.8) is 0 Å². The van der Waals surface area contributed by atoms with Crippen LogP contribution in [0, 0.1) is 11.3 Å². The number of hydrogen-bond donors (Lipinski definition) is 1. The monoisotopic (exact) mass is 431 g/mol. The summed E-state index contributed by atoms with van der Waals surface area (Å²) in [6.07, 6.45) is 7.06. The number of likely N-dealkylation sites (tertiary alicyclic amines) is 1. The Bertz CT molecular complexity index is 639. The fraction of sp³-hybridized carbons (Fsp3) is 0.737. The summed E-state index contributed by atoms with van der Waals surface area (Å²) in [4.78, 5) is 26.0. The summed E-state index contributed by atoms with van der Waals surface area (Å²) < 4.78 is 5.18. The first-order valence-corrected chi connectivity index (χ1v) is 9.81. The molecule has 3 saturated heterocycles. The van der Waals surface area contributed by atoms with Crippen LogP contribution in [0.5, 0.6) is 5.88 Å². The maximum Gasteiger partial charge on any atom is 0.228 e. The number of rotatable bonds is 3. The van der Waals surface area contributed by atoms with Crippen LogP contribution in [-0.4, -0.2) is 67.2 Å². The second-order valence-corrected chi connectivity index (χ2v) is 7.91. The quantitative estimate of drug-likeness (QED) is 0.790. The van der Waals surface area contributed by atoms with Crippen molar-refractivity contribution < 1.29 is 9.53 Å². The van der Waals surface area contributed by atoms with Gasteiger partial charge in [0.05, 0.1) is 7.11 Å². The summed E-state index contributed by atoms with van der Waals surface area (Å²) >= 11 is 0. The van der Waals surface area contributed by atoms with E-state index in [9.17, 15) is 4.79 Å². The number of nitrogens with one attached hydrogen (secondary N) is 1. The van der Waals surface area contributed by atoms with Crippen LogP contribution >= 0.6 is 24.8 Å². The number of halogens is 2. The number of aromatic nitrogens is 2. The number of anilines is 1. The van der Waals surface area contributed by atoms with Crippen molar-refractivity contribution in [1.29, 1.82) is 0 Å². The van der Waals surface area contributed by atoms with Gasteiger partial charge < -0.3 is 19.9 Å². The average molecular weight is 432 g/mol. The lowest BCUT2D eigenvalue weighted by Gasteiger charge is -2.41. The number of amides is 1. The van der Waals surface area contributed by atoms with Crippen molar-refractivity contribution in [2.45, 2.75) is 32.1 Å². The predicted octanol–water partition coefficient (Wildman–Crippen LogP) is 2.15. The Morgan fingerprint density at radius 3 is 2.50 bits per heavy atom. The molecular weight excluding hydrogens is 401 g/mol. The van der Waals surface area contributed by atoms with E-state index in [0.29, 0.717) is 23.2 Å². The fourth-order valence-electron chi connectivity index (χ4n) is 4.61. The van der Waals surface area contributed by atoms with E-state index in [1.807, 2.05) is 0 Å². The van der Waals surface area contributed by atoms with E-state index in [-0.39, 0.29) is 30.7 Å². The minimum absolute atomic E-state index is 0.